The number of phenols is 1. The highest BCUT2D eigenvalue weighted by atomic mass is 32.2. The molecule has 4 bridgehead atoms. The number of esters is 3. The van der Waals surface area contributed by atoms with E-state index in [-0.39, 0.29) is 49.1 Å². The summed E-state index contributed by atoms with van der Waals surface area (Å²) in [6.45, 7) is 7.12. The molecule has 0 amide bonds. The number of aryl methyl sites for hydroxylation is 1. The number of hydrogen-bond acceptors (Lipinski definition) is 16. The molecule has 316 valence electrons. The number of nitriles is 1. The van der Waals surface area contributed by atoms with Crippen molar-refractivity contribution >= 4 is 29.7 Å². The number of ether oxygens (including phenoxy) is 7. The number of nitrogens with zero attached hydrogens (tertiary/aromatic N) is 3. The van der Waals surface area contributed by atoms with Gasteiger partial charge in [0, 0.05) is 60.0 Å². The summed E-state index contributed by atoms with van der Waals surface area (Å²) in [4.78, 5) is 45.0. The van der Waals surface area contributed by atoms with Crippen molar-refractivity contribution in [2.24, 2.45) is 0 Å². The fraction of sp³-hybridized carbons (Fsp3) is 0.500. The van der Waals surface area contributed by atoms with E-state index in [9.17, 15) is 24.8 Å². The van der Waals surface area contributed by atoms with Crippen molar-refractivity contribution in [3.05, 3.63) is 62.7 Å². The van der Waals surface area contributed by atoms with E-state index in [2.05, 4.69) is 21.2 Å². The second-order valence-corrected chi connectivity index (χ2v) is 17.4. The Labute approximate surface area is 352 Å². The number of phenolic OH excluding ortho intramolecular Hbond substituents is 1. The molecular formula is C44H48N4O11S. The molecule has 3 aromatic carbocycles. The molecule has 3 aromatic rings. The van der Waals surface area contributed by atoms with Crippen molar-refractivity contribution in [1.82, 2.24) is 15.1 Å². The molecule has 0 aromatic heterocycles. The molecule has 7 aliphatic rings. The number of likely N-dealkylation sites (N-methyl/N-ethyl adjacent to an activating group) is 1. The number of fused-ring (bicyclic) bond motifs is 9. The molecule has 7 aliphatic heterocycles. The van der Waals surface area contributed by atoms with E-state index in [1.807, 2.05) is 33.9 Å². The lowest BCUT2D eigenvalue weighted by Crippen LogP contribution is -2.69. The van der Waals surface area contributed by atoms with Gasteiger partial charge in [-0.1, -0.05) is 13.0 Å². The number of nitrogens with one attached hydrogen (secondary N) is 1. The molecular weight excluding hydrogens is 793 g/mol. The largest absolute Gasteiger partial charge is 0.504 e. The molecule has 0 radical (unpaired) electrons. The van der Waals surface area contributed by atoms with Crippen molar-refractivity contribution < 1.29 is 52.6 Å². The molecule has 1 unspecified atom stereocenters. The van der Waals surface area contributed by atoms with Gasteiger partial charge in [-0.05, 0) is 74.5 Å². The zero-order valence-electron chi connectivity index (χ0n) is 34.6. The maximum atomic E-state index is 15.0. The first-order chi connectivity index (χ1) is 28.9. The van der Waals surface area contributed by atoms with Gasteiger partial charge in [0.05, 0.1) is 37.6 Å². The fourth-order valence-corrected chi connectivity index (χ4v) is 12.3. The van der Waals surface area contributed by atoms with Crippen LogP contribution in [0.25, 0.3) is 0 Å². The highest BCUT2D eigenvalue weighted by Gasteiger charge is 2.62. The second-order valence-electron chi connectivity index (χ2n) is 16.3. The number of carbonyl (C=O) groups is 3. The number of methoxy groups -OCH3 is 2. The van der Waals surface area contributed by atoms with Crippen LogP contribution in [0.1, 0.15) is 88.5 Å². The Morgan fingerprint density at radius 1 is 1.03 bits per heavy atom. The molecule has 0 saturated carbocycles. The molecule has 2 N–H and O–H groups in total. The van der Waals surface area contributed by atoms with Crippen molar-refractivity contribution in [2.45, 2.75) is 94.4 Å². The average molecular weight is 841 g/mol. The average Bonchev–Trinajstić information content (AvgIpc) is 3.71. The zero-order chi connectivity index (χ0) is 42.4. The molecule has 0 aliphatic carbocycles. The summed E-state index contributed by atoms with van der Waals surface area (Å²) in [6.07, 6.45) is 1.88. The van der Waals surface area contributed by atoms with Crippen LogP contribution in [-0.4, -0.2) is 97.9 Å². The van der Waals surface area contributed by atoms with Gasteiger partial charge in [-0.25, -0.2) is 4.79 Å². The molecule has 7 atom stereocenters. The Bertz CT molecular complexity index is 2380. The lowest BCUT2D eigenvalue weighted by molar-refractivity contribution is -0.157. The summed E-state index contributed by atoms with van der Waals surface area (Å²) in [5.41, 5.74) is 4.32. The SMILES string of the molecule is CCCC(=O)Oc1cc2c(cc1OC)[C@@]1(CS[C@@H]3c4c(OC(C)=O)c(C)c5c(c4[C@@H](COC1=O)N1C3[C@H]3c4c(cc(C)c(OC)c4O)C[C@H]([C@@H]1C#N)N3C)OCO5)NCC2. The van der Waals surface area contributed by atoms with Crippen molar-refractivity contribution in [2.75, 3.05) is 47.0 Å². The summed E-state index contributed by atoms with van der Waals surface area (Å²) in [5, 5.41) is 26.3. The second kappa shape index (κ2) is 15.1. The molecule has 1 spiro atoms. The van der Waals surface area contributed by atoms with E-state index in [0.29, 0.717) is 82.4 Å². The van der Waals surface area contributed by atoms with Crippen molar-refractivity contribution in [3.8, 4) is 46.3 Å². The molecule has 16 heteroatoms. The van der Waals surface area contributed by atoms with Crippen LogP contribution < -0.4 is 33.7 Å². The van der Waals surface area contributed by atoms with Gasteiger partial charge in [0.1, 0.15) is 18.4 Å². The van der Waals surface area contributed by atoms with Gasteiger partial charge >= 0.3 is 17.9 Å². The van der Waals surface area contributed by atoms with Crippen LogP contribution in [0.2, 0.25) is 0 Å². The standard InChI is InChI=1S/C44H48N4O11S/c1-8-9-31(50)59-30-14-23-10-11-46-44(25(23)15-29(30)53-6)18-60-42-34-33(41-40(56-19-57-41)21(3)39(34)58-22(4)49)28(17-55-43(44)52)48-27(16-45)26-13-24-12-20(2)38(54-7)37(51)32(24)35(36(42)48)47(26)5/h12,14-15,26-28,35-36,42,46,51H,8-11,13,17-19H2,1-7H3/t26-,27+,28-,35-,36?,42-,44-/m1/s1. The lowest BCUT2D eigenvalue weighted by atomic mass is 9.71. The summed E-state index contributed by atoms with van der Waals surface area (Å²) in [5.74, 6) is 0.866. The van der Waals surface area contributed by atoms with Gasteiger partial charge in [-0.15, -0.1) is 11.8 Å². The number of benzene rings is 3. The molecule has 15 nitrogen and oxygen atoms in total. The monoisotopic (exact) mass is 840 g/mol. The van der Waals surface area contributed by atoms with Gasteiger partial charge in [0.25, 0.3) is 0 Å². The first kappa shape index (κ1) is 40.2. The van der Waals surface area contributed by atoms with Crippen LogP contribution in [0.4, 0.5) is 0 Å². The maximum absolute atomic E-state index is 15.0. The number of rotatable bonds is 6. The topological polar surface area (TPSA) is 178 Å². The Kier molecular flexibility index (Phi) is 10.1. The highest BCUT2D eigenvalue weighted by Crippen LogP contribution is 2.64. The molecule has 60 heavy (non-hydrogen) atoms. The zero-order valence-corrected chi connectivity index (χ0v) is 35.4. The molecule has 7 heterocycles. The Hall–Kier alpha value is -5.21. The quantitative estimate of drug-likeness (QED) is 0.251. The minimum Gasteiger partial charge on any atom is -0.504 e. The maximum Gasteiger partial charge on any atom is 0.331 e. The van der Waals surface area contributed by atoms with Crippen LogP contribution in [0.15, 0.2) is 18.2 Å². The van der Waals surface area contributed by atoms with Gasteiger partial charge < -0.3 is 38.3 Å². The third-order valence-corrected chi connectivity index (χ3v) is 14.6. The Balaban J connectivity index is 1.29. The number of hydrogen-bond donors (Lipinski definition) is 2. The van der Waals surface area contributed by atoms with E-state index in [1.54, 1.807) is 12.1 Å². The number of carbonyl (C=O) groups excluding carboxylic acids is 3. The van der Waals surface area contributed by atoms with Crippen molar-refractivity contribution in [1.29, 1.82) is 5.26 Å². The number of aromatic hydroxyl groups is 1. The van der Waals surface area contributed by atoms with Gasteiger partial charge in [-0.2, -0.15) is 5.26 Å². The third kappa shape index (κ3) is 5.83. The lowest BCUT2D eigenvalue weighted by Gasteiger charge is -2.62. The van der Waals surface area contributed by atoms with Crippen LogP contribution >= 0.6 is 11.8 Å². The molecule has 10 rings (SSSR count). The van der Waals surface area contributed by atoms with E-state index in [0.717, 1.165) is 16.7 Å². The highest BCUT2D eigenvalue weighted by molar-refractivity contribution is 7.99. The normalized spacial score (nSPS) is 27.4. The van der Waals surface area contributed by atoms with E-state index < -0.39 is 46.9 Å². The summed E-state index contributed by atoms with van der Waals surface area (Å²) in [7, 11) is 5.01. The molecule has 2 fully saturated rings. The van der Waals surface area contributed by atoms with Crippen molar-refractivity contribution in [3.63, 3.8) is 0 Å². The van der Waals surface area contributed by atoms with E-state index in [4.69, 9.17) is 33.2 Å². The summed E-state index contributed by atoms with van der Waals surface area (Å²) >= 11 is 1.47. The minimum atomic E-state index is -1.41. The van der Waals surface area contributed by atoms with Gasteiger partial charge in [0.2, 0.25) is 6.79 Å². The Morgan fingerprint density at radius 3 is 2.53 bits per heavy atom. The van der Waals surface area contributed by atoms with Crippen LogP contribution in [0.5, 0.6) is 40.2 Å². The van der Waals surface area contributed by atoms with E-state index >= 15 is 0 Å². The number of piperazine rings is 1. The minimum absolute atomic E-state index is 0.0340. The summed E-state index contributed by atoms with van der Waals surface area (Å²) in [6, 6.07) is 5.37. The van der Waals surface area contributed by atoms with Crippen LogP contribution in [-0.2, 0) is 37.5 Å². The molecule has 2 saturated heterocycles. The first-order valence-corrected chi connectivity index (χ1v) is 21.3. The Morgan fingerprint density at radius 2 is 1.82 bits per heavy atom. The predicted molar refractivity (Wildman–Crippen MR) is 217 cm³/mol. The number of thioether (sulfide) groups is 1. The fourth-order valence-electron chi connectivity index (χ4n) is 10.6. The van der Waals surface area contributed by atoms with E-state index in [1.165, 1.54) is 32.9 Å². The summed E-state index contributed by atoms with van der Waals surface area (Å²) < 4.78 is 42.3. The third-order valence-electron chi connectivity index (χ3n) is 13.1. The first-order valence-electron chi connectivity index (χ1n) is 20.3. The smallest absolute Gasteiger partial charge is 0.331 e. The van der Waals surface area contributed by atoms with Crippen LogP contribution in [0.3, 0.4) is 0 Å². The van der Waals surface area contributed by atoms with Gasteiger partial charge in [-0.3, -0.25) is 24.7 Å². The predicted octanol–water partition coefficient (Wildman–Crippen LogP) is 4.99. The van der Waals surface area contributed by atoms with Gasteiger partial charge in [0.15, 0.2) is 40.0 Å². The van der Waals surface area contributed by atoms with Crippen LogP contribution in [0, 0.1) is 25.2 Å².